The van der Waals surface area contributed by atoms with Crippen LogP contribution in [0.3, 0.4) is 0 Å². The summed E-state index contributed by atoms with van der Waals surface area (Å²) in [4.78, 5) is 26.5. The molecule has 0 saturated carbocycles. The molecule has 3 rings (SSSR count). The Balaban J connectivity index is 1.78. The van der Waals surface area contributed by atoms with Crippen molar-refractivity contribution in [2.45, 2.75) is 25.8 Å². The SMILES string of the molecule is CCCOc1ccccc1N1C(=O)C[C@@H](Nc2ccc(OC)cc2)C1=O. The minimum atomic E-state index is -0.602. The third-order valence-electron chi connectivity index (χ3n) is 4.15. The summed E-state index contributed by atoms with van der Waals surface area (Å²) in [5.41, 5.74) is 1.25. The Kier molecular flexibility index (Phi) is 5.41. The molecule has 0 bridgehead atoms. The van der Waals surface area contributed by atoms with Gasteiger partial charge >= 0.3 is 0 Å². The van der Waals surface area contributed by atoms with E-state index >= 15 is 0 Å². The van der Waals surface area contributed by atoms with E-state index in [4.69, 9.17) is 9.47 Å². The number of carbonyl (C=O) groups is 2. The number of hydrogen-bond donors (Lipinski definition) is 1. The number of rotatable bonds is 7. The zero-order valence-corrected chi connectivity index (χ0v) is 14.9. The molecule has 1 aliphatic rings. The van der Waals surface area contributed by atoms with Crippen LogP contribution in [0.1, 0.15) is 19.8 Å². The predicted molar refractivity (Wildman–Crippen MR) is 99.7 cm³/mol. The fraction of sp³-hybridized carbons (Fsp3) is 0.300. The highest BCUT2D eigenvalue weighted by molar-refractivity contribution is 6.23. The maximum absolute atomic E-state index is 12.8. The van der Waals surface area contributed by atoms with Gasteiger partial charge in [-0.1, -0.05) is 19.1 Å². The lowest BCUT2D eigenvalue weighted by molar-refractivity contribution is -0.121. The minimum Gasteiger partial charge on any atom is -0.497 e. The Bertz CT molecular complexity index is 789. The molecule has 136 valence electrons. The van der Waals surface area contributed by atoms with Crippen molar-refractivity contribution in [1.82, 2.24) is 0 Å². The molecule has 26 heavy (non-hydrogen) atoms. The van der Waals surface area contributed by atoms with Gasteiger partial charge < -0.3 is 14.8 Å². The molecule has 2 aromatic carbocycles. The van der Waals surface area contributed by atoms with E-state index in [1.54, 1.807) is 37.4 Å². The topological polar surface area (TPSA) is 67.9 Å². The van der Waals surface area contributed by atoms with E-state index in [0.717, 1.165) is 17.9 Å². The van der Waals surface area contributed by atoms with E-state index in [1.807, 2.05) is 25.1 Å². The quantitative estimate of drug-likeness (QED) is 0.773. The number of anilines is 2. The van der Waals surface area contributed by atoms with Gasteiger partial charge in [-0.25, -0.2) is 4.90 Å². The van der Waals surface area contributed by atoms with Crippen LogP contribution in [0.4, 0.5) is 11.4 Å². The van der Waals surface area contributed by atoms with Crippen LogP contribution < -0.4 is 19.7 Å². The molecule has 0 spiro atoms. The van der Waals surface area contributed by atoms with Crippen molar-refractivity contribution >= 4 is 23.2 Å². The Labute approximate surface area is 152 Å². The lowest BCUT2D eigenvalue weighted by atomic mass is 10.2. The van der Waals surface area contributed by atoms with Crippen LogP contribution in [-0.2, 0) is 9.59 Å². The summed E-state index contributed by atoms with van der Waals surface area (Å²) in [6, 6.07) is 13.8. The first-order valence-corrected chi connectivity index (χ1v) is 8.63. The molecular formula is C20H22N2O4. The van der Waals surface area contributed by atoms with E-state index < -0.39 is 6.04 Å². The van der Waals surface area contributed by atoms with E-state index in [2.05, 4.69) is 5.32 Å². The average Bonchev–Trinajstić information content (AvgIpc) is 2.94. The first-order chi connectivity index (χ1) is 12.6. The molecule has 0 radical (unpaired) electrons. The number of nitrogens with zero attached hydrogens (tertiary/aromatic N) is 1. The number of ether oxygens (including phenoxy) is 2. The first-order valence-electron chi connectivity index (χ1n) is 8.63. The van der Waals surface area contributed by atoms with Crippen molar-refractivity contribution in [3.63, 3.8) is 0 Å². The molecule has 1 aliphatic heterocycles. The largest absolute Gasteiger partial charge is 0.497 e. The Hall–Kier alpha value is -3.02. The summed E-state index contributed by atoms with van der Waals surface area (Å²) in [5.74, 6) is 0.751. The molecule has 1 heterocycles. The van der Waals surface area contributed by atoms with Gasteiger partial charge in [-0.05, 0) is 42.8 Å². The second kappa shape index (κ2) is 7.91. The van der Waals surface area contributed by atoms with Crippen molar-refractivity contribution in [2.24, 2.45) is 0 Å². The van der Waals surface area contributed by atoms with Gasteiger partial charge in [0, 0.05) is 5.69 Å². The van der Waals surface area contributed by atoms with Crippen molar-refractivity contribution in [1.29, 1.82) is 0 Å². The molecule has 2 amide bonds. The lowest BCUT2D eigenvalue weighted by Gasteiger charge is -2.19. The maximum Gasteiger partial charge on any atom is 0.256 e. The third-order valence-corrected chi connectivity index (χ3v) is 4.15. The Morgan fingerprint density at radius 1 is 1.12 bits per heavy atom. The smallest absolute Gasteiger partial charge is 0.256 e. The molecule has 6 heteroatoms. The van der Waals surface area contributed by atoms with Gasteiger partial charge in [-0.2, -0.15) is 0 Å². The number of benzene rings is 2. The molecule has 2 aromatic rings. The highest BCUT2D eigenvalue weighted by Gasteiger charge is 2.40. The fourth-order valence-electron chi connectivity index (χ4n) is 2.86. The van der Waals surface area contributed by atoms with Gasteiger partial charge in [0.2, 0.25) is 5.91 Å². The van der Waals surface area contributed by atoms with Gasteiger partial charge in [-0.15, -0.1) is 0 Å². The second-order valence-electron chi connectivity index (χ2n) is 6.01. The minimum absolute atomic E-state index is 0.104. The fourth-order valence-corrected chi connectivity index (χ4v) is 2.86. The highest BCUT2D eigenvalue weighted by atomic mass is 16.5. The monoisotopic (exact) mass is 354 g/mol. The number of imide groups is 1. The summed E-state index contributed by atoms with van der Waals surface area (Å²) >= 11 is 0. The molecule has 0 unspecified atom stereocenters. The number of para-hydroxylation sites is 2. The zero-order chi connectivity index (χ0) is 18.5. The predicted octanol–water partition coefficient (Wildman–Crippen LogP) is 3.23. The summed E-state index contributed by atoms with van der Waals surface area (Å²) in [6.07, 6.45) is 0.949. The van der Waals surface area contributed by atoms with Crippen LogP contribution >= 0.6 is 0 Å². The molecule has 1 N–H and O–H groups in total. The standard InChI is InChI=1S/C20H22N2O4/c1-3-12-26-18-7-5-4-6-17(18)22-19(23)13-16(20(22)24)21-14-8-10-15(25-2)11-9-14/h4-11,16,21H,3,12-13H2,1-2H3/t16-/m1/s1. The summed E-state index contributed by atoms with van der Waals surface area (Å²) in [7, 11) is 1.59. The van der Waals surface area contributed by atoms with Crippen LogP contribution in [-0.4, -0.2) is 31.6 Å². The highest BCUT2D eigenvalue weighted by Crippen LogP contribution is 2.33. The third kappa shape index (κ3) is 3.64. The number of hydrogen-bond acceptors (Lipinski definition) is 5. The van der Waals surface area contributed by atoms with E-state index in [0.29, 0.717) is 18.0 Å². The van der Waals surface area contributed by atoms with Gasteiger partial charge in [0.1, 0.15) is 17.5 Å². The second-order valence-corrected chi connectivity index (χ2v) is 6.01. The van der Waals surface area contributed by atoms with Gasteiger partial charge in [0.05, 0.1) is 25.8 Å². The average molecular weight is 354 g/mol. The van der Waals surface area contributed by atoms with Gasteiger partial charge in [-0.3, -0.25) is 9.59 Å². The summed E-state index contributed by atoms with van der Waals surface area (Å²) in [5, 5.41) is 3.13. The van der Waals surface area contributed by atoms with Crippen molar-refractivity contribution in [3.05, 3.63) is 48.5 Å². The van der Waals surface area contributed by atoms with E-state index in [9.17, 15) is 9.59 Å². The molecule has 1 saturated heterocycles. The molecule has 0 aromatic heterocycles. The number of amides is 2. The maximum atomic E-state index is 12.8. The first kappa shape index (κ1) is 17.8. The Morgan fingerprint density at radius 3 is 2.54 bits per heavy atom. The van der Waals surface area contributed by atoms with Crippen LogP contribution in [0.25, 0.3) is 0 Å². The van der Waals surface area contributed by atoms with Crippen molar-refractivity contribution in [3.8, 4) is 11.5 Å². The van der Waals surface area contributed by atoms with E-state index in [1.165, 1.54) is 4.90 Å². The molecular weight excluding hydrogens is 332 g/mol. The Morgan fingerprint density at radius 2 is 1.85 bits per heavy atom. The molecule has 1 fully saturated rings. The summed E-state index contributed by atoms with van der Waals surface area (Å²) in [6.45, 7) is 2.53. The van der Waals surface area contributed by atoms with Crippen LogP contribution in [0.2, 0.25) is 0 Å². The van der Waals surface area contributed by atoms with E-state index in [-0.39, 0.29) is 18.2 Å². The van der Waals surface area contributed by atoms with Crippen LogP contribution in [0.5, 0.6) is 11.5 Å². The lowest BCUT2D eigenvalue weighted by Crippen LogP contribution is -2.35. The molecule has 1 atom stereocenters. The molecule has 0 aliphatic carbocycles. The van der Waals surface area contributed by atoms with Gasteiger partial charge in [0.15, 0.2) is 0 Å². The van der Waals surface area contributed by atoms with Crippen LogP contribution in [0, 0.1) is 0 Å². The van der Waals surface area contributed by atoms with Crippen molar-refractivity contribution in [2.75, 3.05) is 23.9 Å². The molecule has 6 nitrogen and oxygen atoms in total. The zero-order valence-electron chi connectivity index (χ0n) is 14.9. The summed E-state index contributed by atoms with van der Waals surface area (Å²) < 4.78 is 10.8. The normalized spacial score (nSPS) is 16.7. The van der Waals surface area contributed by atoms with Crippen molar-refractivity contribution < 1.29 is 19.1 Å². The van der Waals surface area contributed by atoms with Gasteiger partial charge in [0.25, 0.3) is 5.91 Å². The van der Waals surface area contributed by atoms with Crippen LogP contribution in [0.15, 0.2) is 48.5 Å². The number of carbonyl (C=O) groups excluding carboxylic acids is 2. The number of methoxy groups -OCH3 is 1. The number of nitrogens with one attached hydrogen (secondary N) is 1.